The molecule has 7 aromatic carbocycles. The van der Waals surface area contributed by atoms with Crippen LogP contribution in [0.2, 0.25) is 0 Å². The van der Waals surface area contributed by atoms with E-state index in [2.05, 4.69) is 159 Å². The molecular weight excluding hydrogens is 649 g/mol. The highest BCUT2D eigenvalue weighted by atomic mass is 16.3. The number of para-hydroxylation sites is 4. The summed E-state index contributed by atoms with van der Waals surface area (Å²) in [5.74, 6) is 0. The van der Waals surface area contributed by atoms with Crippen molar-refractivity contribution < 1.29 is 4.42 Å². The van der Waals surface area contributed by atoms with E-state index in [1.54, 1.807) is 0 Å². The Bertz CT molecular complexity index is 2730. The minimum absolute atomic E-state index is 0.0272. The van der Waals surface area contributed by atoms with Crippen LogP contribution in [0.25, 0.3) is 33.1 Å². The molecule has 2 aliphatic heterocycles. The van der Waals surface area contributed by atoms with Gasteiger partial charge in [0.25, 0.3) is 0 Å². The molecule has 0 radical (unpaired) electrons. The molecule has 53 heavy (non-hydrogen) atoms. The number of hydrogen-bond donors (Lipinski definition) is 0. The van der Waals surface area contributed by atoms with Gasteiger partial charge in [0.1, 0.15) is 11.2 Å². The number of anilines is 6. The molecule has 0 saturated carbocycles. The first-order valence-electron chi connectivity index (χ1n) is 18.3. The lowest BCUT2D eigenvalue weighted by Crippen LogP contribution is -2.30. The molecule has 8 aromatic rings. The standard InChI is InChI=1S/C49H38N2O2/c1-48(2)37-13-5-9-17-41(37)50(42-18-10-6-14-38(42)48)33-24-21-31(22-25-33)32-23-27-35-45(29-32)53-46-30-34(26-28-36(46)47(35)52)51-43-19-11-7-15-39(43)49(3,4)40-16-8-12-20-44(40)51/h5-30H,1-4H3. The maximum absolute atomic E-state index is 13.9. The van der Waals surface area contributed by atoms with E-state index in [-0.39, 0.29) is 16.3 Å². The van der Waals surface area contributed by atoms with Gasteiger partial charge in [0.05, 0.1) is 33.5 Å². The zero-order chi connectivity index (χ0) is 36.1. The summed E-state index contributed by atoms with van der Waals surface area (Å²) in [5.41, 5.74) is 14.7. The molecule has 0 unspecified atom stereocenters. The van der Waals surface area contributed by atoms with Crippen LogP contribution in [0.1, 0.15) is 49.9 Å². The van der Waals surface area contributed by atoms with Gasteiger partial charge >= 0.3 is 0 Å². The van der Waals surface area contributed by atoms with Gasteiger partial charge in [0.2, 0.25) is 5.43 Å². The lowest BCUT2D eigenvalue weighted by molar-refractivity contribution is 0.631. The van der Waals surface area contributed by atoms with Gasteiger partial charge in [0.15, 0.2) is 0 Å². The predicted molar refractivity (Wildman–Crippen MR) is 219 cm³/mol. The second kappa shape index (κ2) is 11.3. The molecule has 0 aliphatic carbocycles. The SMILES string of the molecule is CC1(C)c2ccccc2N(c2ccc(-c3ccc4c(=O)c5ccc(N6c7ccccc7C(C)(C)c7ccccc76)cc5oc4c3)cc2)c2ccccc21. The Morgan fingerprint density at radius 1 is 0.415 bits per heavy atom. The third-order valence-corrected chi connectivity index (χ3v) is 11.6. The summed E-state index contributed by atoms with van der Waals surface area (Å²) < 4.78 is 6.62. The molecule has 0 bridgehead atoms. The highest BCUT2D eigenvalue weighted by Gasteiger charge is 2.38. The van der Waals surface area contributed by atoms with Crippen LogP contribution in [0.3, 0.4) is 0 Å². The number of rotatable bonds is 3. The van der Waals surface area contributed by atoms with E-state index in [1.165, 1.54) is 33.6 Å². The van der Waals surface area contributed by atoms with Crippen LogP contribution in [0.4, 0.5) is 34.1 Å². The zero-order valence-electron chi connectivity index (χ0n) is 30.2. The zero-order valence-corrected chi connectivity index (χ0v) is 30.2. The Hall–Kier alpha value is -6.39. The highest BCUT2D eigenvalue weighted by molar-refractivity contribution is 5.95. The van der Waals surface area contributed by atoms with E-state index < -0.39 is 0 Å². The van der Waals surface area contributed by atoms with Crippen molar-refractivity contribution in [2.75, 3.05) is 9.80 Å². The first-order chi connectivity index (χ1) is 25.7. The fraction of sp³-hybridized carbons (Fsp3) is 0.122. The van der Waals surface area contributed by atoms with Crippen LogP contribution in [0, 0.1) is 0 Å². The molecule has 2 aliphatic rings. The minimum Gasteiger partial charge on any atom is -0.456 e. The number of fused-ring (bicyclic) bond motifs is 6. The molecule has 0 fully saturated rings. The Labute approximate surface area is 309 Å². The summed E-state index contributed by atoms with van der Waals surface area (Å²) in [5, 5.41) is 1.15. The van der Waals surface area contributed by atoms with Crippen LogP contribution >= 0.6 is 0 Å². The molecule has 4 nitrogen and oxygen atoms in total. The Morgan fingerprint density at radius 2 is 0.792 bits per heavy atom. The second-order valence-corrected chi connectivity index (χ2v) is 15.4. The van der Waals surface area contributed by atoms with Gasteiger partial charge < -0.3 is 14.2 Å². The smallest absolute Gasteiger partial charge is 0.200 e. The van der Waals surface area contributed by atoms with Gasteiger partial charge in [-0.1, -0.05) is 119 Å². The molecular formula is C49H38N2O2. The Balaban J connectivity index is 1.05. The maximum Gasteiger partial charge on any atom is 0.200 e. The van der Waals surface area contributed by atoms with Gasteiger partial charge in [-0.3, -0.25) is 4.79 Å². The Morgan fingerprint density at radius 3 is 1.28 bits per heavy atom. The normalized spacial score (nSPS) is 15.1. The molecule has 0 N–H and O–H groups in total. The van der Waals surface area contributed by atoms with Crippen LogP contribution in [0.15, 0.2) is 167 Å². The summed E-state index contributed by atoms with van der Waals surface area (Å²) in [4.78, 5) is 18.5. The fourth-order valence-electron chi connectivity index (χ4n) is 8.86. The fourth-order valence-corrected chi connectivity index (χ4v) is 8.86. The molecule has 3 heterocycles. The van der Waals surface area contributed by atoms with Crippen molar-refractivity contribution in [3.63, 3.8) is 0 Å². The van der Waals surface area contributed by atoms with Crippen molar-refractivity contribution in [1.29, 1.82) is 0 Å². The average molecular weight is 687 g/mol. The lowest BCUT2D eigenvalue weighted by atomic mass is 9.73. The highest BCUT2D eigenvalue weighted by Crippen LogP contribution is 2.53. The van der Waals surface area contributed by atoms with Crippen LogP contribution in [0.5, 0.6) is 0 Å². The van der Waals surface area contributed by atoms with E-state index in [0.717, 1.165) is 33.9 Å². The molecule has 1 aromatic heterocycles. The summed E-state index contributed by atoms with van der Waals surface area (Å²) in [7, 11) is 0. The van der Waals surface area contributed by atoms with Crippen molar-refractivity contribution in [1.82, 2.24) is 0 Å². The predicted octanol–water partition coefficient (Wildman–Crippen LogP) is 12.8. The number of hydrogen-bond acceptors (Lipinski definition) is 4. The largest absolute Gasteiger partial charge is 0.456 e. The quantitative estimate of drug-likeness (QED) is 0.173. The maximum atomic E-state index is 13.9. The third-order valence-electron chi connectivity index (χ3n) is 11.6. The molecule has 0 atom stereocenters. The molecule has 4 heteroatoms. The number of nitrogens with zero attached hydrogens (tertiary/aromatic N) is 2. The minimum atomic E-state index is -0.155. The second-order valence-electron chi connectivity index (χ2n) is 15.4. The molecule has 256 valence electrons. The summed E-state index contributed by atoms with van der Waals surface area (Å²) >= 11 is 0. The van der Waals surface area contributed by atoms with Crippen LogP contribution in [-0.4, -0.2) is 0 Å². The van der Waals surface area contributed by atoms with Crippen LogP contribution < -0.4 is 15.2 Å². The molecule has 0 amide bonds. The summed E-state index contributed by atoms with van der Waals surface area (Å²) in [6, 6.07) is 55.1. The lowest BCUT2D eigenvalue weighted by Gasteiger charge is -2.42. The van der Waals surface area contributed by atoms with Gasteiger partial charge in [0, 0.05) is 28.3 Å². The molecule has 0 saturated heterocycles. The monoisotopic (exact) mass is 686 g/mol. The number of benzene rings is 7. The third kappa shape index (κ3) is 4.58. The molecule has 10 rings (SSSR count). The first kappa shape index (κ1) is 31.4. The van der Waals surface area contributed by atoms with Gasteiger partial charge in [-0.15, -0.1) is 0 Å². The van der Waals surface area contributed by atoms with Crippen molar-refractivity contribution in [2.24, 2.45) is 0 Å². The summed E-state index contributed by atoms with van der Waals surface area (Å²) in [6.45, 7) is 9.18. The van der Waals surface area contributed by atoms with Crippen LogP contribution in [-0.2, 0) is 10.8 Å². The van der Waals surface area contributed by atoms with Crippen molar-refractivity contribution >= 4 is 56.1 Å². The summed E-state index contributed by atoms with van der Waals surface area (Å²) in [6.07, 6.45) is 0. The van der Waals surface area contributed by atoms with Crippen molar-refractivity contribution in [3.8, 4) is 11.1 Å². The van der Waals surface area contributed by atoms with E-state index >= 15 is 0 Å². The first-order valence-corrected chi connectivity index (χ1v) is 18.3. The van der Waals surface area contributed by atoms with E-state index in [9.17, 15) is 4.79 Å². The topological polar surface area (TPSA) is 36.7 Å². The van der Waals surface area contributed by atoms with Gasteiger partial charge in [-0.25, -0.2) is 0 Å². The van der Waals surface area contributed by atoms with E-state index in [0.29, 0.717) is 21.9 Å². The van der Waals surface area contributed by atoms with Gasteiger partial charge in [-0.2, -0.15) is 0 Å². The van der Waals surface area contributed by atoms with Crippen molar-refractivity contribution in [3.05, 3.63) is 190 Å². The molecule has 0 spiro atoms. The Kier molecular flexibility index (Phi) is 6.69. The van der Waals surface area contributed by atoms with E-state index in [4.69, 9.17) is 4.42 Å². The average Bonchev–Trinajstić information content (AvgIpc) is 3.18. The van der Waals surface area contributed by atoms with Crippen molar-refractivity contribution in [2.45, 2.75) is 38.5 Å². The van der Waals surface area contributed by atoms with Gasteiger partial charge in [-0.05, 0) is 94.0 Å². The van der Waals surface area contributed by atoms with E-state index in [1.807, 2.05) is 36.4 Å².